The Bertz CT molecular complexity index is 565. The van der Waals surface area contributed by atoms with Gasteiger partial charge in [-0.2, -0.15) is 0 Å². The number of carboxylic acid groups (broad SMARTS) is 1. The van der Waals surface area contributed by atoms with Gasteiger partial charge in [-0.3, -0.25) is 14.5 Å². The van der Waals surface area contributed by atoms with Gasteiger partial charge in [0.25, 0.3) is 0 Å². The van der Waals surface area contributed by atoms with Gasteiger partial charge in [-0.05, 0) is 44.0 Å². The van der Waals surface area contributed by atoms with Gasteiger partial charge in [-0.1, -0.05) is 19.1 Å². The fraction of sp³-hybridized carbons (Fsp3) is 0.579. The minimum atomic E-state index is -0.796. The molecule has 138 valence electrons. The van der Waals surface area contributed by atoms with Crippen LogP contribution < -0.4 is 4.74 Å². The van der Waals surface area contributed by atoms with Crippen LogP contribution in [-0.2, 0) is 16.0 Å². The fourth-order valence-electron chi connectivity index (χ4n) is 3.31. The van der Waals surface area contributed by atoms with E-state index in [0.29, 0.717) is 26.1 Å². The number of hydrogen-bond donors (Lipinski definition) is 1. The Morgan fingerprint density at radius 3 is 2.36 bits per heavy atom. The van der Waals surface area contributed by atoms with Gasteiger partial charge in [0.05, 0.1) is 19.6 Å². The molecule has 0 unspecified atom stereocenters. The molecule has 1 aliphatic heterocycles. The Balaban J connectivity index is 1.83. The highest BCUT2D eigenvalue weighted by Crippen LogP contribution is 2.18. The quantitative estimate of drug-likeness (QED) is 0.778. The molecular weight excluding hydrogens is 320 g/mol. The number of carboxylic acids is 1. The first kappa shape index (κ1) is 19.2. The number of carbonyl (C=O) groups excluding carboxylic acids is 1. The number of benzene rings is 1. The van der Waals surface area contributed by atoms with Gasteiger partial charge in [0.15, 0.2) is 0 Å². The van der Waals surface area contributed by atoms with Crippen LogP contribution >= 0.6 is 0 Å². The van der Waals surface area contributed by atoms with E-state index >= 15 is 0 Å². The smallest absolute Gasteiger partial charge is 0.317 e. The van der Waals surface area contributed by atoms with Gasteiger partial charge < -0.3 is 14.7 Å². The molecule has 1 N–H and O–H groups in total. The van der Waals surface area contributed by atoms with Gasteiger partial charge in [0, 0.05) is 19.1 Å². The Morgan fingerprint density at radius 1 is 1.20 bits per heavy atom. The van der Waals surface area contributed by atoms with Crippen molar-refractivity contribution >= 4 is 11.9 Å². The molecule has 1 amide bonds. The number of carbonyl (C=O) groups is 2. The number of hydrogen-bond acceptors (Lipinski definition) is 4. The minimum Gasteiger partial charge on any atom is -0.494 e. The van der Waals surface area contributed by atoms with E-state index in [1.807, 2.05) is 47.9 Å². The highest BCUT2D eigenvalue weighted by molar-refractivity contribution is 5.79. The van der Waals surface area contributed by atoms with Crippen LogP contribution in [-0.4, -0.2) is 65.6 Å². The summed E-state index contributed by atoms with van der Waals surface area (Å²) in [5.41, 5.74) is 0.983. The van der Waals surface area contributed by atoms with E-state index in [2.05, 4.69) is 0 Å². The molecule has 0 bridgehead atoms. The Morgan fingerprint density at radius 2 is 1.84 bits per heavy atom. The van der Waals surface area contributed by atoms with Crippen molar-refractivity contribution in [2.75, 3.05) is 32.8 Å². The second-order valence-corrected chi connectivity index (χ2v) is 6.32. The lowest BCUT2D eigenvalue weighted by Gasteiger charge is -2.37. The van der Waals surface area contributed by atoms with E-state index < -0.39 is 5.97 Å². The maximum atomic E-state index is 12.5. The third-order valence-electron chi connectivity index (χ3n) is 4.67. The molecule has 0 aromatic heterocycles. The average Bonchev–Trinajstić information content (AvgIpc) is 2.61. The lowest BCUT2D eigenvalue weighted by Crippen LogP contribution is -2.48. The number of piperidine rings is 1. The molecular formula is C19H28N2O4. The average molecular weight is 348 g/mol. The first-order valence-electron chi connectivity index (χ1n) is 8.98. The molecule has 1 aliphatic rings. The summed E-state index contributed by atoms with van der Waals surface area (Å²) in [5.74, 6) is 0.150. The molecule has 1 saturated heterocycles. The van der Waals surface area contributed by atoms with E-state index in [-0.39, 0.29) is 18.5 Å². The predicted octanol–water partition coefficient (Wildman–Crippen LogP) is 2.03. The molecule has 0 spiro atoms. The molecule has 6 heteroatoms. The molecule has 1 aromatic carbocycles. The molecule has 1 heterocycles. The predicted molar refractivity (Wildman–Crippen MR) is 95.8 cm³/mol. The number of aliphatic carboxylic acids is 1. The summed E-state index contributed by atoms with van der Waals surface area (Å²) < 4.78 is 5.41. The first-order valence-corrected chi connectivity index (χ1v) is 8.98. The summed E-state index contributed by atoms with van der Waals surface area (Å²) >= 11 is 0. The Labute approximate surface area is 149 Å². The van der Waals surface area contributed by atoms with Crippen molar-refractivity contribution in [2.24, 2.45) is 0 Å². The Kier molecular flexibility index (Phi) is 7.25. The van der Waals surface area contributed by atoms with Crippen LogP contribution in [0.3, 0.4) is 0 Å². The minimum absolute atomic E-state index is 0.0707. The molecule has 6 nitrogen and oxygen atoms in total. The van der Waals surface area contributed by atoms with Gasteiger partial charge in [-0.15, -0.1) is 0 Å². The lowest BCUT2D eigenvalue weighted by atomic mass is 10.0. The van der Waals surface area contributed by atoms with Crippen molar-refractivity contribution in [3.05, 3.63) is 29.8 Å². The second-order valence-electron chi connectivity index (χ2n) is 6.32. The van der Waals surface area contributed by atoms with Crippen LogP contribution in [0, 0.1) is 0 Å². The van der Waals surface area contributed by atoms with Gasteiger partial charge >= 0.3 is 5.97 Å². The molecule has 0 aliphatic carbocycles. The fourth-order valence-corrected chi connectivity index (χ4v) is 3.31. The van der Waals surface area contributed by atoms with E-state index in [1.165, 1.54) is 0 Å². The van der Waals surface area contributed by atoms with E-state index in [1.54, 1.807) is 0 Å². The van der Waals surface area contributed by atoms with Crippen molar-refractivity contribution < 1.29 is 19.4 Å². The zero-order valence-electron chi connectivity index (χ0n) is 15.1. The normalized spacial score (nSPS) is 15.4. The summed E-state index contributed by atoms with van der Waals surface area (Å²) in [4.78, 5) is 27.3. The van der Waals surface area contributed by atoms with Crippen molar-refractivity contribution in [2.45, 2.75) is 39.2 Å². The van der Waals surface area contributed by atoms with E-state index in [0.717, 1.165) is 30.7 Å². The standard InChI is InChI=1S/C19H28N2O4/c1-3-20(14-19(23)24)16-9-11-21(12-10-16)18(22)13-15-5-7-17(8-6-15)25-4-2/h5-8,16H,3-4,9-14H2,1-2H3,(H,23,24). The summed E-state index contributed by atoms with van der Waals surface area (Å²) in [6, 6.07) is 7.89. The third kappa shape index (κ3) is 5.74. The molecule has 0 atom stereocenters. The van der Waals surface area contributed by atoms with Crippen molar-refractivity contribution in [3.63, 3.8) is 0 Å². The largest absolute Gasteiger partial charge is 0.494 e. The van der Waals surface area contributed by atoms with Gasteiger partial charge in [-0.25, -0.2) is 0 Å². The number of rotatable bonds is 8. The van der Waals surface area contributed by atoms with Crippen LogP contribution in [0.5, 0.6) is 5.75 Å². The number of amides is 1. The molecule has 25 heavy (non-hydrogen) atoms. The van der Waals surface area contributed by atoms with E-state index in [4.69, 9.17) is 9.84 Å². The van der Waals surface area contributed by atoms with Crippen LogP contribution in [0.25, 0.3) is 0 Å². The first-order chi connectivity index (χ1) is 12.0. The van der Waals surface area contributed by atoms with Gasteiger partial charge in [0.2, 0.25) is 5.91 Å². The molecule has 1 aromatic rings. The van der Waals surface area contributed by atoms with Crippen LogP contribution in [0.4, 0.5) is 0 Å². The van der Waals surface area contributed by atoms with Crippen molar-refractivity contribution in [1.29, 1.82) is 0 Å². The molecule has 0 radical (unpaired) electrons. The van der Waals surface area contributed by atoms with Gasteiger partial charge in [0.1, 0.15) is 5.75 Å². The summed E-state index contributed by atoms with van der Waals surface area (Å²) in [6.07, 6.45) is 2.05. The topological polar surface area (TPSA) is 70.1 Å². The van der Waals surface area contributed by atoms with Crippen LogP contribution in [0.2, 0.25) is 0 Å². The van der Waals surface area contributed by atoms with Crippen molar-refractivity contribution in [3.8, 4) is 5.75 Å². The maximum Gasteiger partial charge on any atom is 0.317 e. The SMILES string of the molecule is CCOc1ccc(CC(=O)N2CCC(N(CC)CC(=O)O)CC2)cc1. The number of likely N-dealkylation sites (tertiary alicyclic amines) is 1. The summed E-state index contributed by atoms with van der Waals surface area (Å²) in [5, 5.41) is 8.99. The molecule has 2 rings (SSSR count). The van der Waals surface area contributed by atoms with Crippen LogP contribution in [0.15, 0.2) is 24.3 Å². The Hall–Kier alpha value is -2.08. The highest BCUT2D eigenvalue weighted by Gasteiger charge is 2.27. The van der Waals surface area contributed by atoms with Crippen LogP contribution in [0.1, 0.15) is 32.3 Å². The number of likely N-dealkylation sites (N-methyl/N-ethyl adjacent to an activating group) is 1. The maximum absolute atomic E-state index is 12.5. The van der Waals surface area contributed by atoms with E-state index in [9.17, 15) is 9.59 Å². The highest BCUT2D eigenvalue weighted by atomic mass is 16.5. The monoisotopic (exact) mass is 348 g/mol. The lowest BCUT2D eigenvalue weighted by molar-refractivity contribution is -0.140. The van der Waals surface area contributed by atoms with Crippen molar-refractivity contribution in [1.82, 2.24) is 9.80 Å². The third-order valence-corrected chi connectivity index (χ3v) is 4.67. The second kappa shape index (κ2) is 9.42. The zero-order valence-corrected chi connectivity index (χ0v) is 15.1. The molecule has 1 fully saturated rings. The zero-order chi connectivity index (χ0) is 18.2. The summed E-state index contributed by atoms with van der Waals surface area (Å²) in [7, 11) is 0. The summed E-state index contributed by atoms with van der Waals surface area (Å²) in [6.45, 7) is 6.72. The number of nitrogens with zero attached hydrogens (tertiary/aromatic N) is 2. The molecule has 0 saturated carbocycles. The number of ether oxygens (including phenoxy) is 1.